The van der Waals surface area contributed by atoms with Crippen LogP contribution in [0.2, 0.25) is 10.0 Å². The summed E-state index contributed by atoms with van der Waals surface area (Å²) in [5.41, 5.74) is 9.72. The molecule has 0 aliphatic heterocycles. The van der Waals surface area contributed by atoms with Gasteiger partial charge in [0, 0.05) is 11.3 Å². The molecule has 6 rings (SSSR count). The number of nitrogens with zero attached hydrogens (tertiary/aromatic N) is 2. The SMILES string of the molecule is Nc1nn(C(=O)OC2CCCCC2)c2cccc(-c3ccc4c(C(=O)Nc5ccc(Cl)c(Cl)c5)cccc4c3)c12. The van der Waals surface area contributed by atoms with E-state index in [2.05, 4.69) is 10.4 Å². The predicted octanol–water partition coefficient (Wildman–Crippen LogP) is 8.32. The van der Waals surface area contributed by atoms with Crippen molar-refractivity contribution in [1.29, 1.82) is 0 Å². The molecule has 4 aromatic carbocycles. The Morgan fingerprint density at radius 2 is 1.73 bits per heavy atom. The van der Waals surface area contributed by atoms with Crippen molar-refractivity contribution in [2.75, 3.05) is 11.1 Å². The summed E-state index contributed by atoms with van der Waals surface area (Å²) in [6.07, 6.45) is 4.43. The first-order chi connectivity index (χ1) is 19.4. The fourth-order valence-electron chi connectivity index (χ4n) is 5.37. The van der Waals surface area contributed by atoms with E-state index in [1.807, 2.05) is 48.5 Å². The molecule has 1 heterocycles. The molecule has 1 aliphatic carbocycles. The van der Waals surface area contributed by atoms with Crippen LogP contribution in [0.25, 0.3) is 32.8 Å². The zero-order valence-electron chi connectivity index (χ0n) is 21.5. The van der Waals surface area contributed by atoms with E-state index in [1.165, 1.54) is 11.1 Å². The van der Waals surface area contributed by atoms with Crippen LogP contribution in [-0.4, -0.2) is 27.9 Å². The summed E-state index contributed by atoms with van der Waals surface area (Å²) in [4.78, 5) is 26.2. The van der Waals surface area contributed by atoms with Gasteiger partial charge in [-0.15, -0.1) is 5.10 Å². The van der Waals surface area contributed by atoms with Crippen molar-refractivity contribution in [2.45, 2.75) is 38.2 Å². The third kappa shape index (κ3) is 4.98. The van der Waals surface area contributed by atoms with Crippen LogP contribution in [0.15, 0.2) is 72.8 Å². The fourth-order valence-corrected chi connectivity index (χ4v) is 5.67. The van der Waals surface area contributed by atoms with Gasteiger partial charge in [0.05, 0.1) is 20.9 Å². The topological polar surface area (TPSA) is 99.2 Å². The average molecular weight is 573 g/mol. The molecule has 3 N–H and O–H groups in total. The minimum Gasteiger partial charge on any atom is -0.445 e. The molecule has 7 nitrogen and oxygen atoms in total. The van der Waals surface area contributed by atoms with Crippen LogP contribution >= 0.6 is 23.2 Å². The first-order valence-electron chi connectivity index (χ1n) is 13.2. The number of aromatic nitrogens is 2. The molecule has 1 fully saturated rings. The zero-order chi connectivity index (χ0) is 27.8. The van der Waals surface area contributed by atoms with E-state index in [4.69, 9.17) is 33.7 Å². The van der Waals surface area contributed by atoms with Crippen LogP contribution in [0.3, 0.4) is 0 Å². The molecule has 0 saturated heterocycles. The highest BCUT2D eigenvalue weighted by atomic mass is 35.5. The van der Waals surface area contributed by atoms with Crippen LogP contribution in [-0.2, 0) is 4.74 Å². The number of nitrogen functional groups attached to an aromatic ring is 1. The second-order valence-corrected chi connectivity index (χ2v) is 10.8. The Morgan fingerprint density at radius 3 is 2.52 bits per heavy atom. The molecule has 202 valence electrons. The van der Waals surface area contributed by atoms with Crippen LogP contribution in [0.4, 0.5) is 16.3 Å². The molecule has 0 atom stereocenters. The highest BCUT2D eigenvalue weighted by Crippen LogP contribution is 2.35. The lowest BCUT2D eigenvalue weighted by atomic mass is 9.96. The number of halogens is 2. The summed E-state index contributed by atoms with van der Waals surface area (Å²) in [7, 11) is 0. The molecule has 0 radical (unpaired) electrons. The van der Waals surface area contributed by atoms with E-state index in [-0.39, 0.29) is 17.8 Å². The number of fused-ring (bicyclic) bond motifs is 2. The Balaban J connectivity index is 1.33. The molecule has 40 heavy (non-hydrogen) atoms. The Labute approximate surface area is 240 Å². The van der Waals surface area contributed by atoms with Crippen molar-refractivity contribution < 1.29 is 14.3 Å². The number of rotatable bonds is 4. The van der Waals surface area contributed by atoms with Gasteiger partial charge in [0.15, 0.2) is 5.82 Å². The molecular weight excluding hydrogens is 547 g/mol. The second kappa shape index (κ2) is 10.8. The van der Waals surface area contributed by atoms with Gasteiger partial charge in [-0.3, -0.25) is 4.79 Å². The maximum absolute atomic E-state index is 13.1. The molecule has 1 aromatic heterocycles. The number of nitrogens with two attached hydrogens (primary N) is 1. The molecule has 9 heteroatoms. The summed E-state index contributed by atoms with van der Waals surface area (Å²) < 4.78 is 7.01. The maximum Gasteiger partial charge on any atom is 0.435 e. The molecular formula is C31H26Cl2N4O3. The number of hydrogen-bond acceptors (Lipinski definition) is 5. The van der Waals surface area contributed by atoms with Crippen LogP contribution < -0.4 is 11.1 Å². The van der Waals surface area contributed by atoms with Gasteiger partial charge in [0.1, 0.15) is 6.10 Å². The quantitative estimate of drug-likeness (QED) is 0.225. The van der Waals surface area contributed by atoms with E-state index in [0.29, 0.717) is 32.2 Å². The van der Waals surface area contributed by atoms with Crippen molar-refractivity contribution >= 4 is 68.4 Å². The smallest absolute Gasteiger partial charge is 0.435 e. The fraction of sp³-hybridized carbons (Fsp3) is 0.194. The zero-order valence-corrected chi connectivity index (χ0v) is 23.0. The highest BCUT2D eigenvalue weighted by molar-refractivity contribution is 6.42. The predicted molar refractivity (Wildman–Crippen MR) is 160 cm³/mol. The molecule has 0 unspecified atom stereocenters. The van der Waals surface area contributed by atoms with Gasteiger partial charge in [-0.25, -0.2) is 4.79 Å². The molecule has 0 bridgehead atoms. The molecule has 1 aliphatic rings. The largest absolute Gasteiger partial charge is 0.445 e. The van der Waals surface area contributed by atoms with E-state index in [1.54, 1.807) is 24.3 Å². The second-order valence-electron chi connectivity index (χ2n) is 9.97. The molecule has 1 amide bonds. The monoisotopic (exact) mass is 572 g/mol. The average Bonchev–Trinajstić information content (AvgIpc) is 3.31. The van der Waals surface area contributed by atoms with Gasteiger partial charge in [-0.2, -0.15) is 4.68 Å². The van der Waals surface area contributed by atoms with Crippen molar-refractivity contribution in [1.82, 2.24) is 9.78 Å². The maximum atomic E-state index is 13.1. The number of amides is 1. The third-order valence-corrected chi connectivity index (χ3v) is 8.08. The minimum atomic E-state index is -0.512. The van der Waals surface area contributed by atoms with E-state index >= 15 is 0 Å². The Kier molecular flexibility index (Phi) is 7.09. The molecule has 5 aromatic rings. The number of anilines is 2. The summed E-state index contributed by atoms with van der Waals surface area (Å²) in [6.45, 7) is 0. The first kappa shape index (κ1) is 26.2. The van der Waals surface area contributed by atoms with Gasteiger partial charge in [-0.1, -0.05) is 66.0 Å². The summed E-state index contributed by atoms with van der Waals surface area (Å²) >= 11 is 12.1. The number of hydrogen-bond donors (Lipinski definition) is 2. The van der Waals surface area contributed by atoms with Crippen molar-refractivity contribution in [3.8, 4) is 11.1 Å². The molecule has 1 saturated carbocycles. The van der Waals surface area contributed by atoms with E-state index in [0.717, 1.165) is 47.6 Å². The lowest BCUT2D eigenvalue weighted by Gasteiger charge is -2.21. The standard InChI is InChI=1S/C31H26Cl2N4O3/c32-25-15-13-20(17-26(25)33)35-30(38)24-10-4-6-18-16-19(12-14-22(18)24)23-9-5-11-27-28(23)29(34)36-37(27)31(39)40-21-7-2-1-3-8-21/h4-6,9-17,21H,1-3,7-8H2,(H2,34,36)(H,35,38). The third-order valence-electron chi connectivity index (χ3n) is 7.34. The highest BCUT2D eigenvalue weighted by Gasteiger charge is 2.23. The number of carbonyl (C=O) groups is 2. The minimum absolute atomic E-state index is 0.0894. The van der Waals surface area contributed by atoms with Crippen LogP contribution in [0, 0.1) is 0 Å². The van der Waals surface area contributed by atoms with Crippen molar-refractivity contribution in [2.24, 2.45) is 0 Å². The van der Waals surface area contributed by atoms with Crippen LogP contribution in [0.5, 0.6) is 0 Å². The molecule has 0 spiro atoms. The van der Waals surface area contributed by atoms with Gasteiger partial charge in [0.2, 0.25) is 0 Å². The normalized spacial score (nSPS) is 13.9. The first-order valence-corrected chi connectivity index (χ1v) is 13.9. The van der Waals surface area contributed by atoms with Gasteiger partial charge in [-0.05, 0) is 84.0 Å². The lowest BCUT2D eigenvalue weighted by molar-refractivity contribution is 0.0749. The number of ether oxygens (including phenoxy) is 1. The Morgan fingerprint density at radius 1 is 0.925 bits per heavy atom. The van der Waals surface area contributed by atoms with Gasteiger partial charge >= 0.3 is 6.09 Å². The van der Waals surface area contributed by atoms with Crippen LogP contribution in [0.1, 0.15) is 42.5 Å². The number of benzene rings is 4. The summed E-state index contributed by atoms with van der Waals surface area (Å²) in [5.74, 6) is -0.0121. The van der Waals surface area contributed by atoms with Crippen molar-refractivity contribution in [3.63, 3.8) is 0 Å². The Bertz CT molecular complexity index is 1780. The van der Waals surface area contributed by atoms with E-state index in [9.17, 15) is 9.59 Å². The number of carbonyl (C=O) groups excluding carboxylic acids is 2. The summed E-state index contributed by atoms with van der Waals surface area (Å²) in [5, 5.41) is 10.3. The van der Waals surface area contributed by atoms with Gasteiger partial charge in [0.25, 0.3) is 5.91 Å². The van der Waals surface area contributed by atoms with Gasteiger partial charge < -0.3 is 15.8 Å². The number of nitrogens with one attached hydrogen (secondary N) is 1. The Hall–Kier alpha value is -4.07. The summed E-state index contributed by atoms with van der Waals surface area (Å²) in [6, 6.07) is 22.0. The van der Waals surface area contributed by atoms with Crippen molar-refractivity contribution in [3.05, 3.63) is 88.4 Å². The lowest BCUT2D eigenvalue weighted by Crippen LogP contribution is -2.24. The van der Waals surface area contributed by atoms with E-state index < -0.39 is 6.09 Å².